The maximum Gasteiger partial charge on any atom is 0.345 e. The Balaban J connectivity index is 2.96. The summed E-state index contributed by atoms with van der Waals surface area (Å²) in [6.07, 6.45) is 3.80. The van der Waals surface area contributed by atoms with Gasteiger partial charge in [0.25, 0.3) is 0 Å². The fraction of sp³-hybridized carbons (Fsp3) is 0.222. The molecule has 0 aliphatic rings. The van der Waals surface area contributed by atoms with Crippen LogP contribution in [0.2, 0.25) is 0 Å². The van der Waals surface area contributed by atoms with Crippen LogP contribution in [0.5, 0.6) is 0 Å². The van der Waals surface area contributed by atoms with Crippen molar-refractivity contribution in [2.24, 2.45) is 0 Å². The Kier molecular flexibility index (Phi) is 3.57. The zero-order valence-electron chi connectivity index (χ0n) is 7.15. The van der Waals surface area contributed by atoms with Gasteiger partial charge in [-0.2, -0.15) is 12.6 Å². The molecule has 4 heteroatoms. The Morgan fingerprint density at radius 2 is 2.46 bits per heavy atom. The quantitative estimate of drug-likeness (QED) is 0.759. The van der Waals surface area contributed by atoms with E-state index in [2.05, 4.69) is 12.6 Å². The SMILES string of the molecule is Cc1cc(C(=O)O)sc1C=CCS. The van der Waals surface area contributed by atoms with E-state index >= 15 is 0 Å². The molecule has 0 bridgehead atoms. The third-order valence-electron chi connectivity index (χ3n) is 1.54. The van der Waals surface area contributed by atoms with Crippen LogP contribution in [0.15, 0.2) is 12.1 Å². The van der Waals surface area contributed by atoms with Gasteiger partial charge >= 0.3 is 5.97 Å². The van der Waals surface area contributed by atoms with Crippen LogP contribution in [-0.4, -0.2) is 16.8 Å². The molecule has 70 valence electrons. The number of hydrogen-bond donors (Lipinski definition) is 2. The van der Waals surface area contributed by atoms with Crippen molar-refractivity contribution in [1.82, 2.24) is 0 Å². The van der Waals surface area contributed by atoms with Crippen molar-refractivity contribution >= 4 is 36.0 Å². The Hall–Kier alpha value is -0.740. The molecule has 0 aliphatic carbocycles. The molecule has 2 nitrogen and oxygen atoms in total. The second-order valence-corrected chi connectivity index (χ2v) is 4.00. The van der Waals surface area contributed by atoms with E-state index in [0.717, 1.165) is 10.4 Å². The fourth-order valence-corrected chi connectivity index (χ4v) is 1.98. The van der Waals surface area contributed by atoms with E-state index in [9.17, 15) is 4.79 Å². The molecule has 1 N–H and O–H groups in total. The molecule has 0 saturated carbocycles. The van der Waals surface area contributed by atoms with Gasteiger partial charge in [0.05, 0.1) is 0 Å². The fourth-order valence-electron chi connectivity index (χ4n) is 0.927. The van der Waals surface area contributed by atoms with Gasteiger partial charge in [-0.3, -0.25) is 0 Å². The number of hydrogen-bond acceptors (Lipinski definition) is 3. The lowest BCUT2D eigenvalue weighted by Crippen LogP contribution is -1.89. The molecule has 0 atom stereocenters. The standard InChI is InChI=1S/C9H10O2S2/c1-6-5-8(9(10)11)13-7(6)3-2-4-12/h2-3,5,12H,4H2,1H3,(H,10,11). The van der Waals surface area contributed by atoms with Crippen LogP contribution in [0.1, 0.15) is 20.1 Å². The minimum atomic E-state index is -0.862. The van der Waals surface area contributed by atoms with Crippen molar-refractivity contribution < 1.29 is 9.90 Å². The molecule has 13 heavy (non-hydrogen) atoms. The van der Waals surface area contributed by atoms with E-state index in [1.54, 1.807) is 6.07 Å². The van der Waals surface area contributed by atoms with Gasteiger partial charge in [0.2, 0.25) is 0 Å². The smallest absolute Gasteiger partial charge is 0.345 e. The van der Waals surface area contributed by atoms with E-state index in [4.69, 9.17) is 5.11 Å². The zero-order chi connectivity index (χ0) is 9.84. The molecule has 0 amide bonds. The summed E-state index contributed by atoms with van der Waals surface area (Å²) >= 11 is 5.32. The normalized spacial score (nSPS) is 10.9. The van der Waals surface area contributed by atoms with Crippen LogP contribution in [0, 0.1) is 6.92 Å². The van der Waals surface area contributed by atoms with Crippen molar-refractivity contribution in [1.29, 1.82) is 0 Å². The number of thiol groups is 1. The summed E-state index contributed by atoms with van der Waals surface area (Å²) in [6, 6.07) is 1.69. The minimum Gasteiger partial charge on any atom is -0.477 e. The zero-order valence-corrected chi connectivity index (χ0v) is 8.86. The second-order valence-electron chi connectivity index (χ2n) is 2.55. The summed E-state index contributed by atoms with van der Waals surface area (Å²) in [6.45, 7) is 1.90. The summed E-state index contributed by atoms with van der Waals surface area (Å²) in [5.41, 5.74) is 1.00. The van der Waals surface area contributed by atoms with Gasteiger partial charge in [0.1, 0.15) is 4.88 Å². The molecular formula is C9H10O2S2. The Morgan fingerprint density at radius 3 is 2.92 bits per heavy atom. The van der Waals surface area contributed by atoms with Crippen molar-refractivity contribution in [2.45, 2.75) is 6.92 Å². The summed E-state index contributed by atoms with van der Waals surface area (Å²) in [7, 11) is 0. The molecule has 0 unspecified atom stereocenters. The van der Waals surface area contributed by atoms with E-state index in [-0.39, 0.29) is 0 Å². The molecule has 1 heterocycles. The Morgan fingerprint density at radius 1 is 1.77 bits per heavy atom. The Labute approximate surface area is 86.3 Å². The number of aromatic carboxylic acids is 1. The molecule has 0 saturated heterocycles. The van der Waals surface area contributed by atoms with Crippen LogP contribution in [0.3, 0.4) is 0 Å². The second kappa shape index (κ2) is 4.48. The van der Waals surface area contributed by atoms with Crippen molar-refractivity contribution in [2.75, 3.05) is 5.75 Å². The van der Waals surface area contributed by atoms with Gasteiger partial charge in [0.15, 0.2) is 0 Å². The number of rotatable bonds is 3. The molecule has 1 aromatic rings. The first-order valence-corrected chi connectivity index (χ1v) is 5.21. The van der Waals surface area contributed by atoms with E-state index < -0.39 is 5.97 Å². The maximum atomic E-state index is 10.6. The number of carbonyl (C=O) groups is 1. The van der Waals surface area contributed by atoms with Crippen LogP contribution in [0.4, 0.5) is 0 Å². The molecule has 0 fully saturated rings. The highest BCUT2D eigenvalue weighted by Gasteiger charge is 2.08. The number of thiophene rings is 1. The van der Waals surface area contributed by atoms with Crippen LogP contribution in [0.25, 0.3) is 6.08 Å². The van der Waals surface area contributed by atoms with Gasteiger partial charge < -0.3 is 5.11 Å². The van der Waals surface area contributed by atoms with E-state index in [1.807, 2.05) is 19.1 Å². The van der Waals surface area contributed by atoms with E-state index in [1.165, 1.54) is 11.3 Å². The first-order valence-electron chi connectivity index (χ1n) is 3.76. The monoisotopic (exact) mass is 214 g/mol. The average Bonchev–Trinajstić information content (AvgIpc) is 2.44. The largest absolute Gasteiger partial charge is 0.477 e. The highest BCUT2D eigenvalue weighted by Crippen LogP contribution is 2.23. The van der Waals surface area contributed by atoms with Crippen LogP contribution >= 0.6 is 24.0 Å². The summed E-state index contributed by atoms with van der Waals surface area (Å²) in [5, 5.41) is 8.72. The first kappa shape index (κ1) is 10.3. The molecule has 1 rings (SSSR count). The molecule has 0 aromatic carbocycles. The van der Waals surface area contributed by atoms with E-state index in [0.29, 0.717) is 10.6 Å². The third kappa shape index (κ3) is 2.60. The summed E-state index contributed by atoms with van der Waals surface area (Å²) in [5.74, 6) is -0.196. The number of carboxylic acid groups (broad SMARTS) is 1. The van der Waals surface area contributed by atoms with Crippen molar-refractivity contribution in [3.8, 4) is 0 Å². The van der Waals surface area contributed by atoms with Gasteiger partial charge in [-0.1, -0.05) is 6.08 Å². The predicted molar refractivity (Wildman–Crippen MR) is 58.9 cm³/mol. The molecular weight excluding hydrogens is 204 g/mol. The van der Waals surface area contributed by atoms with Crippen molar-refractivity contribution in [3.05, 3.63) is 27.5 Å². The van der Waals surface area contributed by atoms with Gasteiger partial charge in [0, 0.05) is 10.6 Å². The molecule has 1 aromatic heterocycles. The topological polar surface area (TPSA) is 37.3 Å². The molecule has 0 spiro atoms. The predicted octanol–water partition coefficient (Wildman–Crippen LogP) is 2.70. The molecule has 0 radical (unpaired) electrons. The number of carboxylic acids is 1. The van der Waals surface area contributed by atoms with Crippen LogP contribution in [-0.2, 0) is 0 Å². The average molecular weight is 214 g/mol. The highest BCUT2D eigenvalue weighted by atomic mass is 32.1. The lowest BCUT2D eigenvalue weighted by atomic mass is 10.2. The molecule has 0 aliphatic heterocycles. The first-order chi connectivity index (χ1) is 6.15. The van der Waals surface area contributed by atoms with Gasteiger partial charge in [-0.25, -0.2) is 4.79 Å². The van der Waals surface area contributed by atoms with Gasteiger partial charge in [-0.05, 0) is 24.6 Å². The maximum absolute atomic E-state index is 10.6. The summed E-state index contributed by atoms with van der Waals surface area (Å²) in [4.78, 5) is 12.0. The third-order valence-corrected chi connectivity index (χ3v) is 2.94. The lowest BCUT2D eigenvalue weighted by Gasteiger charge is -1.86. The minimum absolute atomic E-state index is 0.385. The van der Waals surface area contributed by atoms with Crippen molar-refractivity contribution in [3.63, 3.8) is 0 Å². The lowest BCUT2D eigenvalue weighted by molar-refractivity contribution is 0.0702. The van der Waals surface area contributed by atoms with Crippen LogP contribution < -0.4 is 0 Å². The number of aryl methyl sites for hydroxylation is 1. The Bertz CT molecular complexity index is 339. The summed E-state index contributed by atoms with van der Waals surface area (Å²) < 4.78 is 0. The highest BCUT2D eigenvalue weighted by molar-refractivity contribution is 7.80. The van der Waals surface area contributed by atoms with Gasteiger partial charge in [-0.15, -0.1) is 11.3 Å².